The van der Waals surface area contributed by atoms with Crippen LogP contribution in [0.5, 0.6) is 0 Å². The molecule has 11 heteroatoms. The van der Waals surface area contributed by atoms with E-state index in [1.165, 1.54) is 15.7 Å². The van der Waals surface area contributed by atoms with Crippen molar-refractivity contribution in [2.45, 2.75) is 51.1 Å². The molecule has 0 saturated carbocycles. The van der Waals surface area contributed by atoms with Gasteiger partial charge in [-0.2, -0.15) is 21.5 Å². The highest BCUT2D eigenvalue weighted by atomic mass is 32.2. The van der Waals surface area contributed by atoms with Crippen LogP contribution in [0.3, 0.4) is 0 Å². The summed E-state index contributed by atoms with van der Waals surface area (Å²) in [5.41, 5.74) is 7.21. The van der Waals surface area contributed by atoms with Gasteiger partial charge in [0.15, 0.2) is 5.82 Å². The lowest BCUT2D eigenvalue weighted by Gasteiger charge is -2.33. The standard InChI is InChI=1S/C21H31F2N5O3S/c1-21(22,23)20-25-18-13-17(26(2)32(29,30)27-9-5-16(24)6-10-27)3-4-19(18)28(20)14-15-7-11-31-12-8-15/h3-4,13,15-16H,5-12,14,24H2,1-2H3. The van der Waals surface area contributed by atoms with E-state index in [4.69, 9.17) is 10.5 Å². The maximum atomic E-state index is 14.4. The van der Waals surface area contributed by atoms with Crippen LogP contribution in [0.4, 0.5) is 14.5 Å². The summed E-state index contributed by atoms with van der Waals surface area (Å²) in [5.74, 6) is -3.18. The molecule has 8 nitrogen and oxygen atoms in total. The van der Waals surface area contributed by atoms with Gasteiger partial charge in [-0.05, 0) is 49.8 Å². The minimum absolute atomic E-state index is 0.0110. The number of nitrogens with zero attached hydrogens (tertiary/aromatic N) is 4. The van der Waals surface area contributed by atoms with Crippen LogP contribution >= 0.6 is 0 Å². The third-order valence-electron chi connectivity index (χ3n) is 6.44. The lowest BCUT2D eigenvalue weighted by atomic mass is 10.00. The summed E-state index contributed by atoms with van der Waals surface area (Å²) in [4.78, 5) is 4.23. The molecular weight excluding hydrogens is 440 g/mol. The Labute approximate surface area is 187 Å². The minimum atomic E-state index is -3.75. The quantitative estimate of drug-likeness (QED) is 0.699. The fourth-order valence-corrected chi connectivity index (χ4v) is 5.83. The van der Waals surface area contributed by atoms with Gasteiger partial charge >= 0.3 is 16.1 Å². The second kappa shape index (κ2) is 8.85. The summed E-state index contributed by atoms with van der Waals surface area (Å²) in [6.45, 7) is 3.25. The molecule has 1 aromatic heterocycles. The van der Waals surface area contributed by atoms with Gasteiger partial charge in [0.25, 0.3) is 0 Å². The molecule has 2 N–H and O–H groups in total. The molecule has 0 aliphatic carbocycles. The van der Waals surface area contributed by atoms with Gasteiger partial charge in [0.1, 0.15) is 0 Å². The third kappa shape index (κ3) is 4.61. The van der Waals surface area contributed by atoms with Crippen LogP contribution in [-0.4, -0.2) is 61.7 Å². The minimum Gasteiger partial charge on any atom is -0.381 e. The number of piperidine rings is 1. The first-order valence-corrected chi connectivity index (χ1v) is 12.4. The van der Waals surface area contributed by atoms with Crippen LogP contribution in [0.25, 0.3) is 11.0 Å². The summed E-state index contributed by atoms with van der Waals surface area (Å²) in [5, 5.41) is 0. The predicted molar refractivity (Wildman–Crippen MR) is 119 cm³/mol. The molecule has 0 atom stereocenters. The monoisotopic (exact) mass is 471 g/mol. The molecule has 2 fully saturated rings. The highest BCUT2D eigenvalue weighted by Gasteiger charge is 2.34. The Morgan fingerprint density at radius 2 is 1.88 bits per heavy atom. The van der Waals surface area contributed by atoms with E-state index in [0.29, 0.717) is 62.4 Å². The predicted octanol–water partition coefficient (Wildman–Crippen LogP) is 2.68. The molecule has 1 aromatic carbocycles. The van der Waals surface area contributed by atoms with Gasteiger partial charge < -0.3 is 15.0 Å². The first-order chi connectivity index (χ1) is 15.1. The summed E-state index contributed by atoms with van der Waals surface area (Å²) < 4.78 is 64.5. The molecule has 0 spiro atoms. The second-order valence-electron chi connectivity index (χ2n) is 8.87. The first kappa shape index (κ1) is 23.3. The maximum absolute atomic E-state index is 14.4. The van der Waals surface area contributed by atoms with E-state index in [2.05, 4.69) is 4.98 Å². The molecule has 32 heavy (non-hydrogen) atoms. The number of hydrogen-bond donors (Lipinski definition) is 1. The SMILES string of the molecule is CN(c1ccc2c(c1)nc(C(C)(F)F)n2CC1CCOCC1)S(=O)(=O)N1CCC(N)CC1. The van der Waals surface area contributed by atoms with Crippen molar-refractivity contribution in [1.29, 1.82) is 0 Å². The van der Waals surface area contributed by atoms with E-state index in [1.807, 2.05) is 0 Å². The molecule has 178 valence electrons. The molecule has 0 radical (unpaired) electrons. The number of rotatable bonds is 6. The fourth-order valence-electron chi connectivity index (χ4n) is 4.43. The van der Waals surface area contributed by atoms with Crippen LogP contribution in [0.1, 0.15) is 38.4 Å². The van der Waals surface area contributed by atoms with Crippen molar-refractivity contribution in [3.05, 3.63) is 24.0 Å². The zero-order valence-electron chi connectivity index (χ0n) is 18.5. The number of alkyl halides is 2. The first-order valence-electron chi connectivity index (χ1n) is 11.0. The van der Waals surface area contributed by atoms with Crippen LogP contribution < -0.4 is 10.0 Å². The molecule has 2 aliphatic rings. The number of ether oxygens (including phenoxy) is 1. The molecule has 2 saturated heterocycles. The number of nitrogens with two attached hydrogens (primary N) is 1. The Bertz CT molecular complexity index is 1060. The maximum Gasteiger partial charge on any atom is 0.303 e. The van der Waals surface area contributed by atoms with Crippen molar-refractivity contribution in [2.24, 2.45) is 11.7 Å². The number of halogens is 2. The average molecular weight is 472 g/mol. The molecule has 3 heterocycles. The summed E-state index contributed by atoms with van der Waals surface area (Å²) in [6, 6.07) is 4.91. The van der Waals surface area contributed by atoms with E-state index in [1.54, 1.807) is 22.8 Å². The lowest BCUT2D eigenvalue weighted by molar-refractivity contribution is 0.00222. The molecule has 2 aliphatic heterocycles. The zero-order chi connectivity index (χ0) is 23.1. The van der Waals surface area contributed by atoms with Gasteiger partial charge in [0.05, 0.1) is 16.7 Å². The summed E-state index contributed by atoms with van der Waals surface area (Å²) >= 11 is 0. The normalized spacial score (nSPS) is 20.2. The van der Waals surface area contributed by atoms with Gasteiger partial charge in [-0.25, -0.2) is 4.98 Å². The number of aromatic nitrogens is 2. The lowest BCUT2D eigenvalue weighted by Crippen LogP contribution is -2.48. The van der Waals surface area contributed by atoms with Crippen LogP contribution in [0.2, 0.25) is 0 Å². The van der Waals surface area contributed by atoms with E-state index < -0.39 is 16.1 Å². The molecule has 0 unspecified atom stereocenters. The Kier molecular flexibility index (Phi) is 6.45. The van der Waals surface area contributed by atoms with E-state index in [-0.39, 0.29) is 17.8 Å². The van der Waals surface area contributed by atoms with Crippen molar-refractivity contribution in [1.82, 2.24) is 13.9 Å². The molecular formula is C21H31F2N5O3S. The Morgan fingerprint density at radius 1 is 1.22 bits per heavy atom. The molecule has 2 aromatic rings. The molecule has 0 bridgehead atoms. The Hall–Kier alpha value is -1.82. The van der Waals surface area contributed by atoms with Gasteiger partial charge in [-0.1, -0.05) is 0 Å². The van der Waals surface area contributed by atoms with Crippen LogP contribution in [-0.2, 0) is 27.4 Å². The highest BCUT2D eigenvalue weighted by Crippen LogP contribution is 2.33. The van der Waals surface area contributed by atoms with Gasteiger partial charge in [0, 0.05) is 52.9 Å². The Balaban J connectivity index is 1.66. The van der Waals surface area contributed by atoms with E-state index in [0.717, 1.165) is 19.8 Å². The van der Waals surface area contributed by atoms with Gasteiger partial charge in [-0.3, -0.25) is 4.31 Å². The number of fused-ring (bicyclic) bond motifs is 1. The summed E-state index contributed by atoms with van der Waals surface area (Å²) in [7, 11) is -2.28. The number of anilines is 1. The van der Waals surface area contributed by atoms with Crippen molar-refractivity contribution < 1.29 is 21.9 Å². The highest BCUT2D eigenvalue weighted by molar-refractivity contribution is 7.90. The largest absolute Gasteiger partial charge is 0.381 e. The van der Waals surface area contributed by atoms with Crippen LogP contribution in [0.15, 0.2) is 18.2 Å². The van der Waals surface area contributed by atoms with Gasteiger partial charge in [-0.15, -0.1) is 0 Å². The van der Waals surface area contributed by atoms with E-state index >= 15 is 0 Å². The topological polar surface area (TPSA) is 93.7 Å². The zero-order valence-corrected chi connectivity index (χ0v) is 19.3. The van der Waals surface area contributed by atoms with Crippen LogP contribution in [0, 0.1) is 5.92 Å². The number of imidazole rings is 1. The smallest absolute Gasteiger partial charge is 0.303 e. The van der Waals surface area contributed by atoms with Crippen molar-refractivity contribution in [3.63, 3.8) is 0 Å². The fraction of sp³-hybridized carbons (Fsp3) is 0.667. The summed E-state index contributed by atoms with van der Waals surface area (Å²) in [6.07, 6.45) is 2.84. The average Bonchev–Trinajstić information content (AvgIpc) is 3.12. The van der Waals surface area contributed by atoms with E-state index in [9.17, 15) is 17.2 Å². The van der Waals surface area contributed by atoms with Crippen molar-refractivity contribution in [2.75, 3.05) is 37.7 Å². The third-order valence-corrected chi connectivity index (χ3v) is 8.36. The van der Waals surface area contributed by atoms with Crippen molar-refractivity contribution >= 4 is 26.9 Å². The molecule has 0 amide bonds. The molecule has 4 rings (SSSR count). The Morgan fingerprint density at radius 3 is 2.50 bits per heavy atom. The second-order valence-corrected chi connectivity index (χ2v) is 10.8. The van der Waals surface area contributed by atoms with Gasteiger partial charge in [0.2, 0.25) is 0 Å². The van der Waals surface area contributed by atoms with Crippen molar-refractivity contribution in [3.8, 4) is 0 Å². The number of hydrogen-bond acceptors (Lipinski definition) is 5. The number of benzene rings is 1.